The van der Waals surface area contributed by atoms with Crippen LogP contribution < -0.4 is 0 Å². The highest BCUT2D eigenvalue weighted by Crippen LogP contribution is 2.11. The lowest BCUT2D eigenvalue weighted by Crippen LogP contribution is -1.95. The molecule has 0 atom stereocenters. The Labute approximate surface area is 80.9 Å². The normalized spacial score (nSPS) is 10.2. The highest BCUT2D eigenvalue weighted by atomic mass is 32.2. The molecule has 0 fully saturated rings. The van der Waals surface area contributed by atoms with Gasteiger partial charge in [0.15, 0.2) is 0 Å². The molecule has 0 saturated carbocycles. The number of hydrogen-bond acceptors (Lipinski definition) is 3. The van der Waals surface area contributed by atoms with Gasteiger partial charge in [-0.2, -0.15) is 16.9 Å². The van der Waals surface area contributed by atoms with Crippen molar-refractivity contribution in [1.82, 2.24) is 9.78 Å². The van der Waals surface area contributed by atoms with Crippen molar-refractivity contribution in [2.75, 3.05) is 5.75 Å². The fourth-order valence-electron chi connectivity index (χ4n) is 0.896. The molecule has 13 heavy (non-hydrogen) atoms. The van der Waals surface area contributed by atoms with Gasteiger partial charge in [-0.3, -0.25) is 9.48 Å². The Morgan fingerprint density at radius 3 is 3.08 bits per heavy atom. The second-order valence-corrected chi connectivity index (χ2v) is 3.82. The van der Waals surface area contributed by atoms with Gasteiger partial charge in [0, 0.05) is 24.8 Å². The van der Waals surface area contributed by atoms with Crippen LogP contribution in [-0.4, -0.2) is 26.6 Å². The smallest absolute Gasteiger partial charge is 0.304 e. The quantitative estimate of drug-likeness (QED) is 0.724. The zero-order chi connectivity index (χ0) is 9.68. The van der Waals surface area contributed by atoms with Crippen LogP contribution in [0.5, 0.6) is 0 Å². The summed E-state index contributed by atoms with van der Waals surface area (Å²) >= 11 is 1.61. The molecule has 0 saturated heterocycles. The molecule has 0 spiro atoms. The molecule has 72 valence electrons. The maximum atomic E-state index is 10.2. The molecule has 1 aromatic rings. The molecule has 0 aliphatic heterocycles. The van der Waals surface area contributed by atoms with Crippen LogP contribution in [0.4, 0.5) is 0 Å². The number of aliphatic carboxylic acids is 1. The number of carboxylic acid groups (broad SMARTS) is 1. The minimum absolute atomic E-state index is 0.227. The number of thioether (sulfide) groups is 1. The van der Waals surface area contributed by atoms with Crippen LogP contribution in [-0.2, 0) is 17.6 Å². The molecule has 0 aliphatic carbocycles. The first-order valence-electron chi connectivity index (χ1n) is 3.95. The van der Waals surface area contributed by atoms with Crippen LogP contribution >= 0.6 is 11.8 Å². The monoisotopic (exact) mass is 200 g/mol. The minimum atomic E-state index is -0.737. The molecular formula is C8H12N2O2S. The van der Waals surface area contributed by atoms with Crippen molar-refractivity contribution >= 4 is 17.7 Å². The second-order valence-electron chi connectivity index (χ2n) is 2.72. The lowest BCUT2D eigenvalue weighted by molar-refractivity contribution is -0.136. The van der Waals surface area contributed by atoms with Crippen molar-refractivity contribution in [1.29, 1.82) is 0 Å². The molecule has 0 aliphatic rings. The number of carboxylic acids is 1. The van der Waals surface area contributed by atoms with E-state index in [0.29, 0.717) is 5.75 Å². The molecule has 4 nitrogen and oxygen atoms in total. The SMILES string of the molecule is Cn1cc(CSCCC(=O)O)cn1. The largest absolute Gasteiger partial charge is 0.481 e. The summed E-state index contributed by atoms with van der Waals surface area (Å²) in [6.07, 6.45) is 3.96. The van der Waals surface area contributed by atoms with E-state index in [4.69, 9.17) is 5.11 Å². The maximum absolute atomic E-state index is 10.2. The van der Waals surface area contributed by atoms with E-state index >= 15 is 0 Å². The topological polar surface area (TPSA) is 55.1 Å². The van der Waals surface area contributed by atoms with Crippen molar-refractivity contribution in [3.8, 4) is 0 Å². The van der Waals surface area contributed by atoms with E-state index in [1.54, 1.807) is 22.6 Å². The van der Waals surface area contributed by atoms with Gasteiger partial charge in [0.05, 0.1) is 12.6 Å². The van der Waals surface area contributed by atoms with E-state index in [1.165, 1.54) is 0 Å². The lowest BCUT2D eigenvalue weighted by Gasteiger charge is -1.95. The first-order chi connectivity index (χ1) is 6.18. The van der Waals surface area contributed by atoms with E-state index in [-0.39, 0.29) is 6.42 Å². The van der Waals surface area contributed by atoms with Crippen molar-refractivity contribution in [2.24, 2.45) is 7.05 Å². The second kappa shape index (κ2) is 4.91. The summed E-state index contributed by atoms with van der Waals surface area (Å²) in [6, 6.07) is 0. The predicted molar refractivity (Wildman–Crippen MR) is 51.6 cm³/mol. The molecule has 1 heterocycles. The van der Waals surface area contributed by atoms with Gasteiger partial charge >= 0.3 is 5.97 Å². The molecule has 5 heteroatoms. The average Bonchev–Trinajstić information content (AvgIpc) is 2.45. The summed E-state index contributed by atoms with van der Waals surface area (Å²) in [5, 5.41) is 12.4. The fourth-order valence-corrected chi connectivity index (χ4v) is 1.74. The van der Waals surface area contributed by atoms with Crippen molar-refractivity contribution in [2.45, 2.75) is 12.2 Å². The Hall–Kier alpha value is -0.970. The molecular weight excluding hydrogens is 188 g/mol. The summed E-state index contributed by atoms with van der Waals surface area (Å²) in [7, 11) is 1.87. The summed E-state index contributed by atoms with van der Waals surface area (Å²) < 4.78 is 1.74. The van der Waals surface area contributed by atoms with Crippen LogP contribution in [0.25, 0.3) is 0 Å². The number of carbonyl (C=O) groups is 1. The first kappa shape index (κ1) is 10.1. The van der Waals surface area contributed by atoms with Gasteiger partial charge < -0.3 is 5.11 Å². The zero-order valence-electron chi connectivity index (χ0n) is 7.43. The number of aromatic nitrogens is 2. The Morgan fingerprint density at radius 1 is 1.77 bits per heavy atom. The third kappa shape index (κ3) is 3.98. The Balaban J connectivity index is 2.16. The maximum Gasteiger partial charge on any atom is 0.304 e. The van der Waals surface area contributed by atoms with Crippen molar-refractivity contribution < 1.29 is 9.90 Å². The number of aryl methyl sites for hydroxylation is 1. The van der Waals surface area contributed by atoms with Gasteiger partial charge in [-0.15, -0.1) is 0 Å². The van der Waals surface area contributed by atoms with Gasteiger partial charge in [0.2, 0.25) is 0 Å². The highest BCUT2D eigenvalue weighted by Gasteiger charge is 1.99. The summed E-state index contributed by atoms with van der Waals surface area (Å²) in [5.41, 5.74) is 1.14. The van der Waals surface area contributed by atoms with Gasteiger partial charge in [0.1, 0.15) is 0 Å². The Bertz CT molecular complexity index is 285. The summed E-state index contributed by atoms with van der Waals surface area (Å²) in [4.78, 5) is 10.2. The summed E-state index contributed by atoms with van der Waals surface area (Å²) in [5.74, 6) is 0.754. The number of nitrogens with zero attached hydrogens (tertiary/aromatic N) is 2. The van der Waals surface area contributed by atoms with Gasteiger partial charge in [-0.1, -0.05) is 0 Å². The number of hydrogen-bond donors (Lipinski definition) is 1. The highest BCUT2D eigenvalue weighted by molar-refractivity contribution is 7.98. The Morgan fingerprint density at radius 2 is 2.54 bits per heavy atom. The molecule has 0 bridgehead atoms. The van der Waals surface area contributed by atoms with Crippen LogP contribution in [0.2, 0.25) is 0 Å². The molecule has 0 unspecified atom stereocenters. The van der Waals surface area contributed by atoms with E-state index in [0.717, 1.165) is 11.3 Å². The van der Waals surface area contributed by atoms with E-state index in [9.17, 15) is 4.79 Å². The van der Waals surface area contributed by atoms with Gasteiger partial charge in [-0.05, 0) is 5.56 Å². The van der Waals surface area contributed by atoms with Gasteiger partial charge in [-0.25, -0.2) is 0 Å². The number of rotatable bonds is 5. The minimum Gasteiger partial charge on any atom is -0.481 e. The van der Waals surface area contributed by atoms with Crippen molar-refractivity contribution in [3.63, 3.8) is 0 Å². The molecule has 0 aromatic carbocycles. The van der Waals surface area contributed by atoms with Gasteiger partial charge in [0.25, 0.3) is 0 Å². The third-order valence-corrected chi connectivity index (χ3v) is 2.52. The molecule has 0 amide bonds. The third-order valence-electron chi connectivity index (χ3n) is 1.49. The van der Waals surface area contributed by atoms with Crippen LogP contribution in [0.3, 0.4) is 0 Å². The summed E-state index contributed by atoms with van der Waals surface area (Å²) in [6.45, 7) is 0. The standard InChI is InChI=1S/C8H12N2O2S/c1-10-5-7(4-9-10)6-13-3-2-8(11)12/h4-5H,2-3,6H2,1H3,(H,11,12). The fraction of sp³-hybridized carbons (Fsp3) is 0.500. The van der Waals surface area contributed by atoms with E-state index in [2.05, 4.69) is 5.10 Å². The molecule has 1 N–H and O–H groups in total. The van der Waals surface area contributed by atoms with E-state index in [1.807, 2.05) is 13.2 Å². The lowest BCUT2D eigenvalue weighted by atomic mass is 10.4. The van der Waals surface area contributed by atoms with Crippen LogP contribution in [0, 0.1) is 0 Å². The van der Waals surface area contributed by atoms with Crippen LogP contribution in [0.1, 0.15) is 12.0 Å². The first-order valence-corrected chi connectivity index (χ1v) is 5.11. The predicted octanol–water partition coefficient (Wildman–Crippen LogP) is 1.13. The van der Waals surface area contributed by atoms with Crippen LogP contribution in [0.15, 0.2) is 12.4 Å². The Kier molecular flexibility index (Phi) is 3.82. The molecule has 0 radical (unpaired) electrons. The molecule has 1 aromatic heterocycles. The van der Waals surface area contributed by atoms with E-state index < -0.39 is 5.97 Å². The molecule has 1 rings (SSSR count). The zero-order valence-corrected chi connectivity index (χ0v) is 8.25. The average molecular weight is 200 g/mol. The van der Waals surface area contributed by atoms with Crippen molar-refractivity contribution in [3.05, 3.63) is 18.0 Å².